The molecule has 2 rings (SSSR count). The molecule has 106 valence electrons. The predicted octanol–water partition coefficient (Wildman–Crippen LogP) is 0.953. The number of nitrogens with zero attached hydrogens (tertiary/aromatic N) is 3. The Morgan fingerprint density at radius 3 is 3.00 bits per heavy atom. The maximum Gasteiger partial charge on any atom is 0.221 e. The summed E-state index contributed by atoms with van der Waals surface area (Å²) in [5.74, 6) is 1.17. The SMILES string of the molecule is CN1CCCCC1CC(=O)NCCc1nccn1C. The molecule has 1 fully saturated rings. The lowest BCUT2D eigenvalue weighted by Gasteiger charge is -2.31. The van der Waals surface area contributed by atoms with Gasteiger partial charge in [0.05, 0.1) is 0 Å². The summed E-state index contributed by atoms with van der Waals surface area (Å²) in [5, 5.41) is 3.00. The molecule has 5 heteroatoms. The number of hydrogen-bond acceptors (Lipinski definition) is 3. The molecule has 19 heavy (non-hydrogen) atoms. The lowest BCUT2D eigenvalue weighted by Crippen LogP contribution is -2.40. The lowest BCUT2D eigenvalue weighted by molar-refractivity contribution is -0.122. The zero-order valence-corrected chi connectivity index (χ0v) is 11.9. The van der Waals surface area contributed by atoms with Gasteiger partial charge < -0.3 is 14.8 Å². The first kappa shape index (κ1) is 14.1. The summed E-state index contributed by atoms with van der Waals surface area (Å²) in [5.41, 5.74) is 0. The number of piperidine rings is 1. The molecular weight excluding hydrogens is 240 g/mol. The van der Waals surface area contributed by atoms with E-state index in [1.54, 1.807) is 6.20 Å². The van der Waals surface area contributed by atoms with Gasteiger partial charge in [0.15, 0.2) is 0 Å². The van der Waals surface area contributed by atoms with Gasteiger partial charge in [0.1, 0.15) is 5.82 Å². The number of aromatic nitrogens is 2. The van der Waals surface area contributed by atoms with Gasteiger partial charge in [-0.1, -0.05) is 6.42 Å². The standard InChI is InChI=1S/C14H24N4O/c1-17-9-4-3-5-12(17)11-14(19)16-7-6-13-15-8-10-18(13)2/h8,10,12H,3-7,9,11H2,1-2H3,(H,16,19). The van der Waals surface area contributed by atoms with Crippen LogP contribution in [0.3, 0.4) is 0 Å². The van der Waals surface area contributed by atoms with E-state index in [1.165, 1.54) is 12.8 Å². The number of carbonyl (C=O) groups excluding carboxylic acids is 1. The van der Waals surface area contributed by atoms with Gasteiger partial charge in [0.2, 0.25) is 5.91 Å². The first-order chi connectivity index (χ1) is 9.16. The van der Waals surface area contributed by atoms with E-state index in [2.05, 4.69) is 22.2 Å². The van der Waals surface area contributed by atoms with Gasteiger partial charge in [-0.3, -0.25) is 4.79 Å². The monoisotopic (exact) mass is 264 g/mol. The van der Waals surface area contributed by atoms with Crippen LogP contribution in [-0.4, -0.2) is 46.5 Å². The van der Waals surface area contributed by atoms with Crippen LogP contribution in [0.5, 0.6) is 0 Å². The highest BCUT2D eigenvalue weighted by Gasteiger charge is 2.21. The van der Waals surface area contributed by atoms with Crippen LogP contribution < -0.4 is 5.32 Å². The van der Waals surface area contributed by atoms with Crippen molar-refractivity contribution in [3.63, 3.8) is 0 Å². The van der Waals surface area contributed by atoms with Crippen LogP contribution in [0.2, 0.25) is 0 Å². The molecule has 1 aromatic rings. The molecule has 1 atom stereocenters. The number of likely N-dealkylation sites (tertiary alicyclic amines) is 1. The molecule has 0 aliphatic carbocycles. The third-order valence-corrected chi connectivity index (χ3v) is 3.93. The molecule has 2 heterocycles. The van der Waals surface area contributed by atoms with Crippen molar-refractivity contribution in [2.45, 2.75) is 38.1 Å². The zero-order valence-electron chi connectivity index (χ0n) is 11.9. The van der Waals surface area contributed by atoms with E-state index in [9.17, 15) is 4.79 Å². The molecule has 0 saturated carbocycles. The molecule has 0 bridgehead atoms. The van der Waals surface area contributed by atoms with Gasteiger partial charge in [0.25, 0.3) is 0 Å². The summed E-state index contributed by atoms with van der Waals surface area (Å²) < 4.78 is 1.99. The molecule has 1 N–H and O–H groups in total. The maximum absolute atomic E-state index is 11.9. The van der Waals surface area contributed by atoms with Gasteiger partial charge in [-0.25, -0.2) is 4.98 Å². The average molecular weight is 264 g/mol. The molecule has 1 unspecified atom stereocenters. The van der Waals surface area contributed by atoms with E-state index >= 15 is 0 Å². The van der Waals surface area contributed by atoms with E-state index in [1.807, 2.05) is 17.8 Å². The third-order valence-electron chi connectivity index (χ3n) is 3.93. The molecule has 5 nitrogen and oxygen atoms in total. The summed E-state index contributed by atoms with van der Waals surface area (Å²) in [6.07, 6.45) is 8.77. The van der Waals surface area contributed by atoms with Crippen molar-refractivity contribution >= 4 is 5.91 Å². The van der Waals surface area contributed by atoms with Crippen LogP contribution in [-0.2, 0) is 18.3 Å². The molecule has 1 saturated heterocycles. The van der Waals surface area contributed by atoms with Crippen molar-refractivity contribution in [2.75, 3.05) is 20.1 Å². The predicted molar refractivity (Wildman–Crippen MR) is 74.8 cm³/mol. The normalized spacial score (nSPS) is 20.4. The van der Waals surface area contributed by atoms with Crippen LogP contribution in [0.15, 0.2) is 12.4 Å². The number of amides is 1. The number of aryl methyl sites for hydroxylation is 1. The van der Waals surface area contributed by atoms with Crippen LogP contribution in [0, 0.1) is 0 Å². The lowest BCUT2D eigenvalue weighted by atomic mass is 10.00. The molecular formula is C14H24N4O. The molecule has 1 aliphatic rings. The smallest absolute Gasteiger partial charge is 0.221 e. The Morgan fingerprint density at radius 1 is 1.47 bits per heavy atom. The average Bonchev–Trinajstić information content (AvgIpc) is 2.78. The van der Waals surface area contributed by atoms with E-state index < -0.39 is 0 Å². The van der Waals surface area contributed by atoms with Crippen molar-refractivity contribution in [1.82, 2.24) is 19.8 Å². The van der Waals surface area contributed by atoms with Crippen molar-refractivity contribution in [1.29, 1.82) is 0 Å². The number of carbonyl (C=O) groups is 1. The Labute approximate surface area is 115 Å². The number of imidazole rings is 1. The van der Waals surface area contributed by atoms with Crippen LogP contribution in [0.4, 0.5) is 0 Å². The van der Waals surface area contributed by atoms with Gasteiger partial charge in [0, 0.05) is 44.9 Å². The first-order valence-electron chi connectivity index (χ1n) is 7.10. The van der Waals surface area contributed by atoms with Crippen molar-refractivity contribution in [3.8, 4) is 0 Å². The Bertz CT molecular complexity index is 415. The largest absolute Gasteiger partial charge is 0.356 e. The fraction of sp³-hybridized carbons (Fsp3) is 0.714. The molecule has 0 radical (unpaired) electrons. The highest BCUT2D eigenvalue weighted by Crippen LogP contribution is 2.17. The fourth-order valence-corrected chi connectivity index (χ4v) is 2.64. The van der Waals surface area contributed by atoms with Crippen molar-refractivity contribution in [2.24, 2.45) is 7.05 Å². The summed E-state index contributed by atoms with van der Waals surface area (Å²) in [6.45, 7) is 1.78. The second-order valence-electron chi connectivity index (χ2n) is 5.39. The molecule has 0 aromatic carbocycles. The van der Waals surface area contributed by atoms with Gasteiger partial charge in [-0.15, -0.1) is 0 Å². The van der Waals surface area contributed by atoms with Crippen molar-refractivity contribution < 1.29 is 4.79 Å². The first-order valence-corrected chi connectivity index (χ1v) is 7.10. The summed E-state index contributed by atoms with van der Waals surface area (Å²) in [7, 11) is 4.09. The maximum atomic E-state index is 11.9. The molecule has 0 spiro atoms. The van der Waals surface area contributed by atoms with E-state index in [4.69, 9.17) is 0 Å². The Kier molecular flexibility index (Phi) is 4.96. The van der Waals surface area contributed by atoms with Crippen molar-refractivity contribution in [3.05, 3.63) is 18.2 Å². The van der Waals surface area contributed by atoms with Gasteiger partial charge in [-0.2, -0.15) is 0 Å². The van der Waals surface area contributed by atoms with Gasteiger partial charge >= 0.3 is 0 Å². The molecule has 1 aromatic heterocycles. The minimum atomic E-state index is 0.160. The summed E-state index contributed by atoms with van der Waals surface area (Å²) in [6, 6.07) is 0.418. The Balaban J connectivity index is 1.68. The highest BCUT2D eigenvalue weighted by molar-refractivity contribution is 5.76. The van der Waals surface area contributed by atoms with Crippen LogP contribution >= 0.6 is 0 Å². The summed E-state index contributed by atoms with van der Waals surface area (Å²) >= 11 is 0. The van der Waals surface area contributed by atoms with Gasteiger partial charge in [-0.05, 0) is 26.4 Å². The second kappa shape index (κ2) is 6.70. The number of nitrogens with one attached hydrogen (secondary N) is 1. The quantitative estimate of drug-likeness (QED) is 0.861. The van der Waals surface area contributed by atoms with Crippen LogP contribution in [0.25, 0.3) is 0 Å². The number of rotatable bonds is 5. The molecule has 1 amide bonds. The van der Waals surface area contributed by atoms with E-state index in [0.717, 1.165) is 25.2 Å². The minimum absolute atomic E-state index is 0.160. The fourth-order valence-electron chi connectivity index (χ4n) is 2.64. The van der Waals surface area contributed by atoms with Crippen LogP contribution in [0.1, 0.15) is 31.5 Å². The highest BCUT2D eigenvalue weighted by atomic mass is 16.1. The number of hydrogen-bond donors (Lipinski definition) is 1. The Morgan fingerprint density at radius 2 is 2.32 bits per heavy atom. The summed E-state index contributed by atoms with van der Waals surface area (Å²) in [4.78, 5) is 18.5. The zero-order chi connectivity index (χ0) is 13.7. The van der Waals surface area contributed by atoms with E-state index in [0.29, 0.717) is 19.0 Å². The molecule has 1 aliphatic heterocycles. The Hall–Kier alpha value is -1.36. The third kappa shape index (κ3) is 4.06. The van der Waals surface area contributed by atoms with E-state index in [-0.39, 0.29) is 5.91 Å². The second-order valence-corrected chi connectivity index (χ2v) is 5.39. The topological polar surface area (TPSA) is 50.2 Å². The minimum Gasteiger partial charge on any atom is -0.356 e.